The van der Waals surface area contributed by atoms with E-state index in [0.717, 1.165) is 25.4 Å². The molecule has 2 aromatic rings. The zero-order chi connectivity index (χ0) is 12.8. The summed E-state index contributed by atoms with van der Waals surface area (Å²) >= 11 is 0. The lowest BCUT2D eigenvalue weighted by atomic mass is 10.0. The molecule has 1 aromatic carbocycles. The van der Waals surface area contributed by atoms with Crippen LogP contribution in [0.3, 0.4) is 0 Å². The van der Waals surface area contributed by atoms with Crippen LogP contribution in [-0.2, 0) is 19.5 Å². The van der Waals surface area contributed by atoms with Crippen molar-refractivity contribution in [2.24, 2.45) is 5.92 Å². The van der Waals surface area contributed by atoms with E-state index in [-0.39, 0.29) is 0 Å². The van der Waals surface area contributed by atoms with Gasteiger partial charge in [0, 0.05) is 18.7 Å². The van der Waals surface area contributed by atoms with Crippen molar-refractivity contribution in [1.29, 1.82) is 0 Å². The number of hydrogen-bond donors (Lipinski definition) is 1. The van der Waals surface area contributed by atoms with E-state index in [9.17, 15) is 0 Å². The molecule has 2 heteroatoms. The summed E-state index contributed by atoms with van der Waals surface area (Å²) in [5.41, 5.74) is 3.93. The van der Waals surface area contributed by atoms with Crippen LogP contribution in [0.5, 0.6) is 0 Å². The molecule has 0 saturated heterocycles. The monoisotopic (exact) mass is 243 g/mol. The van der Waals surface area contributed by atoms with Crippen LogP contribution in [0.15, 0.2) is 47.3 Å². The highest BCUT2D eigenvalue weighted by atomic mass is 16.3. The summed E-state index contributed by atoms with van der Waals surface area (Å²) in [6, 6.07) is 10.9. The second-order valence-electron chi connectivity index (χ2n) is 5.15. The van der Waals surface area contributed by atoms with Crippen molar-refractivity contribution in [3.8, 4) is 0 Å². The van der Waals surface area contributed by atoms with E-state index in [1.54, 1.807) is 12.5 Å². The van der Waals surface area contributed by atoms with E-state index in [4.69, 9.17) is 4.42 Å². The van der Waals surface area contributed by atoms with Gasteiger partial charge in [0.2, 0.25) is 0 Å². The Morgan fingerprint density at radius 2 is 1.61 bits per heavy atom. The van der Waals surface area contributed by atoms with Crippen LogP contribution >= 0.6 is 0 Å². The topological polar surface area (TPSA) is 25.2 Å². The SMILES string of the molecule is CC(C)Cc1ccc(CNCc2ccoc2)cc1. The van der Waals surface area contributed by atoms with Crippen molar-refractivity contribution >= 4 is 0 Å². The van der Waals surface area contributed by atoms with Gasteiger partial charge in [-0.2, -0.15) is 0 Å². The van der Waals surface area contributed by atoms with Gasteiger partial charge in [-0.15, -0.1) is 0 Å². The van der Waals surface area contributed by atoms with E-state index < -0.39 is 0 Å². The molecule has 0 radical (unpaired) electrons. The zero-order valence-corrected chi connectivity index (χ0v) is 11.1. The van der Waals surface area contributed by atoms with E-state index >= 15 is 0 Å². The van der Waals surface area contributed by atoms with Crippen molar-refractivity contribution < 1.29 is 4.42 Å². The van der Waals surface area contributed by atoms with Gasteiger partial charge in [-0.25, -0.2) is 0 Å². The molecule has 0 atom stereocenters. The predicted molar refractivity (Wildman–Crippen MR) is 74.2 cm³/mol. The van der Waals surface area contributed by atoms with Gasteiger partial charge in [0.05, 0.1) is 12.5 Å². The smallest absolute Gasteiger partial charge is 0.0947 e. The summed E-state index contributed by atoms with van der Waals surface area (Å²) < 4.78 is 5.03. The molecule has 2 rings (SSSR count). The van der Waals surface area contributed by atoms with E-state index in [1.807, 2.05) is 6.07 Å². The maximum Gasteiger partial charge on any atom is 0.0947 e. The summed E-state index contributed by atoms with van der Waals surface area (Å²) in [4.78, 5) is 0. The highest BCUT2D eigenvalue weighted by Gasteiger charge is 1.99. The van der Waals surface area contributed by atoms with E-state index in [2.05, 4.69) is 43.4 Å². The van der Waals surface area contributed by atoms with Crippen molar-refractivity contribution in [1.82, 2.24) is 5.32 Å². The van der Waals surface area contributed by atoms with Gasteiger partial charge in [-0.3, -0.25) is 0 Å². The fourth-order valence-electron chi connectivity index (χ4n) is 2.01. The molecule has 0 amide bonds. The summed E-state index contributed by atoms with van der Waals surface area (Å²) in [6.07, 6.45) is 4.64. The Morgan fingerprint density at radius 1 is 0.944 bits per heavy atom. The van der Waals surface area contributed by atoms with Gasteiger partial charge in [0.15, 0.2) is 0 Å². The first kappa shape index (κ1) is 12.9. The first-order valence-electron chi connectivity index (χ1n) is 6.53. The molecule has 1 aromatic heterocycles. The minimum absolute atomic E-state index is 0.718. The van der Waals surface area contributed by atoms with Gasteiger partial charge in [0.1, 0.15) is 0 Å². The molecule has 1 N–H and O–H groups in total. The molecule has 0 bridgehead atoms. The minimum Gasteiger partial charge on any atom is -0.472 e. The predicted octanol–water partition coefficient (Wildman–Crippen LogP) is 3.77. The molecule has 0 unspecified atom stereocenters. The largest absolute Gasteiger partial charge is 0.472 e. The second kappa shape index (κ2) is 6.41. The summed E-state index contributed by atoms with van der Waals surface area (Å²) in [5, 5.41) is 3.40. The lowest BCUT2D eigenvalue weighted by molar-refractivity contribution is 0.560. The van der Waals surface area contributed by atoms with Gasteiger partial charge in [-0.05, 0) is 29.5 Å². The molecule has 0 aliphatic rings. The van der Waals surface area contributed by atoms with Gasteiger partial charge >= 0.3 is 0 Å². The summed E-state index contributed by atoms with van der Waals surface area (Å²) in [7, 11) is 0. The normalized spacial score (nSPS) is 11.1. The zero-order valence-electron chi connectivity index (χ0n) is 11.1. The Hall–Kier alpha value is -1.54. The van der Waals surface area contributed by atoms with Gasteiger partial charge < -0.3 is 9.73 Å². The average molecular weight is 243 g/mol. The Balaban J connectivity index is 1.79. The lowest BCUT2D eigenvalue weighted by Gasteiger charge is -2.07. The van der Waals surface area contributed by atoms with Crippen molar-refractivity contribution in [3.05, 3.63) is 59.5 Å². The lowest BCUT2D eigenvalue weighted by Crippen LogP contribution is -2.12. The van der Waals surface area contributed by atoms with Crippen LogP contribution in [0.1, 0.15) is 30.5 Å². The number of nitrogens with one attached hydrogen (secondary N) is 1. The highest BCUT2D eigenvalue weighted by Crippen LogP contribution is 2.10. The number of hydrogen-bond acceptors (Lipinski definition) is 2. The van der Waals surface area contributed by atoms with Crippen LogP contribution < -0.4 is 5.32 Å². The Morgan fingerprint density at radius 3 is 2.22 bits per heavy atom. The van der Waals surface area contributed by atoms with Crippen LogP contribution in [0, 0.1) is 5.92 Å². The fraction of sp³-hybridized carbons (Fsp3) is 0.375. The molecular formula is C16H21NO. The Labute approximate surface area is 109 Å². The molecule has 0 saturated carbocycles. The quantitative estimate of drug-likeness (QED) is 0.835. The third-order valence-corrected chi connectivity index (χ3v) is 2.91. The van der Waals surface area contributed by atoms with Crippen LogP contribution in [0.4, 0.5) is 0 Å². The molecule has 96 valence electrons. The van der Waals surface area contributed by atoms with Gasteiger partial charge in [-0.1, -0.05) is 38.1 Å². The second-order valence-corrected chi connectivity index (χ2v) is 5.15. The van der Waals surface area contributed by atoms with E-state index in [1.165, 1.54) is 16.7 Å². The molecule has 2 nitrogen and oxygen atoms in total. The standard InChI is InChI=1S/C16H21NO/c1-13(2)9-14-3-5-15(6-4-14)10-17-11-16-7-8-18-12-16/h3-8,12-13,17H,9-11H2,1-2H3. The van der Waals surface area contributed by atoms with Crippen molar-refractivity contribution in [2.45, 2.75) is 33.4 Å². The third-order valence-electron chi connectivity index (χ3n) is 2.91. The molecule has 0 spiro atoms. The molecule has 18 heavy (non-hydrogen) atoms. The molecule has 0 aliphatic heterocycles. The highest BCUT2D eigenvalue weighted by molar-refractivity contribution is 5.22. The molecule has 1 heterocycles. The minimum atomic E-state index is 0.718. The average Bonchev–Trinajstić information content (AvgIpc) is 2.84. The number of benzene rings is 1. The van der Waals surface area contributed by atoms with Crippen LogP contribution in [-0.4, -0.2) is 0 Å². The molecule has 0 aliphatic carbocycles. The first-order valence-corrected chi connectivity index (χ1v) is 6.53. The molecule has 0 fully saturated rings. The van der Waals surface area contributed by atoms with Crippen LogP contribution in [0.2, 0.25) is 0 Å². The number of furan rings is 1. The van der Waals surface area contributed by atoms with Crippen molar-refractivity contribution in [2.75, 3.05) is 0 Å². The maximum atomic E-state index is 5.03. The number of rotatable bonds is 6. The van der Waals surface area contributed by atoms with E-state index in [0.29, 0.717) is 0 Å². The van der Waals surface area contributed by atoms with Crippen molar-refractivity contribution in [3.63, 3.8) is 0 Å². The summed E-state index contributed by atoms with van der Waals surface area (Å²) in [6.45, 7) is 6.25. The fourth-order valence-corrected chi connectivity index (χ4v) is 2.01. The van der Waals surface area contributed by atoms with Crippen LogP contribution in [0.25, 0.3) is 0 Å². The third kappa shape index (κ3) is 4.04. The summed E-state index contributed by atoms with van der Waals surface area (Å²) in [5.74, 6) is 0.718. The maximum absolute atomic E-state index is 5.03. The Bertz CT molecular complexity index is 442. The Kier molecular flexibility index (Phi) is 4.59. The molecular weight excluding hydrogens is 222 g/mol. The van der Waals surface area contributed by atoms with Gasteiger partial charge in [0.25, 0.3) is 0 Å². The first-order chi connectivity index (χ1) is 8.74.